The van der Waals surface area contributed by atoms with Crippen molar-refractivity contribution in [2.24, 2.45) is 0 Å². The molecule has 1 aromatic heterocycles. The maximum absolute atomic E-state index is 5.92. The van der Waals surface area contributed by atoms with Gasteiger partial charge in [-0.1, -0.05) is 28.9 Å². The van der Waals surface area contributed by atoms with Crippen LogP contribution in [0.1, 0.15) is 41.8 Å². The average Bonchev–Trinajstić information content (AvgIpc) is 2.82. The number of furan rings is 1. The van der Waals surface area contributed by atoms with Crippen molar-refractivity contribution in [1.82, 2.24) is 5.32 Å². The molecule has 0 saturated heterocycles. The minimum absolute atomic E-state index is 0.0363. The van der Waals surface area contributed by atoms with Crippen molar-refractivity contribution in [3.8, 4) is 0 Å². The minimum atomic E-state index is 0.0363. The Morgan fingerprint density at radius 2 is 2.00 bits per heavy atom. The second-order valence-corrected chi connectivity index (χ2v) is 6.21. The predicted molar refractivity (Wildman–Crippen MR) is 87.5 cm³/mol. The molecule has 0 bridgehead atoms. The summed E-state index contributed by atoms with van der Waals surface area (Å²) in [6, 6.07) is 8.11. The van der Waals surface area contributed by atoms with Gasteiger partial charge in [0.05, 0.1) is 6.04 Å². The highest BCUT2D eigenvalue weighted by Crippen LogP contribution is 2.31. The van der Waals surface area contributed by atoms with Crippen LogP contribution in [-0.2, 0) is 0 Å². The number of nitrogens with one attached hydrogen (secondary N) is 1. The number of aryl methyl sites for hydroxylation is 2. The molecule has 1 aromatic carbocycles. The molecule has 0 radical (unpaired) electrons. The first-order valence-corrected chi connectivity index (χ1v) is 7.95. The molecule has 2 nitrogen and oxygen atoms in total. The Kier molecular flexibility index (Phi) is 5.30. The van der Waals surface area contributed by atoms with Gasteiger partial charge in [-0.05, 0) is 73.3 Å². The number of halogens is 2. The van der Waals surface area contributed by atoms with Gasteiger partial charge in [0.1, 0.15) is 5.76 Å². The van der Waals surface area contributed by atoms with Crippen LogP contribution in [-0.4, -0.2) is 6.54 Å². The van der Waals surface area contributed by atoms with Crippen LogP contribution in [0.4, 0.5) is 0 Å². The molecule has 0 aliphatic carbocycles. The van der Waals surface area contributed by atoms with Gasteiger partial charge in [0.25, 0.3) is 0 Å². The molecule has 4 heteroatoms. The smallest absolute Gasteiger partial charge is 0.193 e. The van der Waals surface area contributed by atoms with Crippen LogP contribution < -0.4 is 5.32 Å². The average molecular weight is 357 g/mol. The molecule has 0 aliphatic heterocycles. The summed E-state index contributed by atoms with van der Waals surface area (Å²) >= 11 is 9.50. The van der Waals surface area contributed by atoms with Crippen LogP contribution in [0, 0.1) is 13.8 Å². The van der Waals surface area contributed by atoms with Crippen molar-refractivity contribution >= 4 is 27.5 Å². The minimum Gasteiger partial charge on any atom is -0.448 e. The third-order valence-corrected chi connectivity index (χ3v) is 4.39. The lowest BCUT2D eigenvalue weighted by Crippen LogP contribution is -2.23. The molecule has 0 spiro atoms. The normalized spacial score (nSPS) is 12.7. The summed E-state index contributed by atoms with van der Waals surface area (Å²) in [5.41, 5.74) is 3.67. The fourth-order valence-corrected chi connectivity index (χ4v) is 2.86. The number of benzene rings is 1. The summed E-state index contributed by atoms with van der Waals surface area (Å²) in [6.45, 7) is 7.29. The summed E-state index contributed by atoms with van der Waals surface area (Å²) in [5, 5.41) is 3.96. The van der Waals surface area contributed by atoms with Crippen molar-refractivity contribution in [3.05, 3.63) is 56.4 Å². The Morgan fingerprint density at radius 3 is 2.60 bits per heavy atom. The van der Waals surface area contributed by atoms with E-state index in [-0.39, 0.29) is 6.04 Å². The summed E-state index contributed by atoms with van der Waals surface area (Å²) in [6.07, 6.45) is 1.07. The summed E-state index contributed by atoms with van der Waals surface area (Å²) in [7, 11) is 0. The van der Waals surface area contributed by atoms with Gasteiger partial charge in [0.2, 0.25) is 0 Å². The molecule has 1 N–H and O–H groups in total. The highest BCUT2D eigenvalue weighted by Gasteiger charge is 2.19. The van der Waals surface area contributed by atoms with Gasteiger partial charge in [-0.15, -0.1) is 0 Å². The monoisotopic (exact) mass is 355 g/mol. The van der Waals surface area contributed by atoms with E-state index in [1.54, 1.807) is 6.07 Å². The zero-order valence-electron chi connectivity index (χ0n) is 12.0. The zero-order valence-corrected chi connectivity index (χ0v) is 14.3. The lowest BCUT2D eigenvalue weighted by molar-refractivity contribution is 0.447. The number of hydrogen-bond acceptors (Lipinski definition) is 2. The van der Waals surface area contributed by atoms with Crippen molar-refractivity contribution in [2.75, 3.05) is 6.54 Å². The Balaban J connectivity index is 2.43. The van der Waals surface area contributed by atoms with Gasteiger partial charge in [-0.3, -0.25) is 0 Å². The van der Waals surface area contributed by atoms with E-state index in [0.29, 0.717) is 5.22 Å². The Labute approximate surface area is 133 Å². The van der Waals surface area contributed by atoms with Gasteiger partial charge in [-0.25, -0.2) is 0 Å². The van der Waals surface area contributed by atoms with Gasteiger partial charge in [0.15, 0.2) is 5.22 Å². The van der Waals surface area contributed by atoms with E-state index in [1.165, 1.54) is 16.7 Å². The molecular formula is C16H19BrClNO. The summed E-state index contributed by atoms with van der Waals surface area (Å²) in [5.74, 6) is 0.855. The molecule has 0 amide bonds. The molecule has 2 aromatic rings. The Bertz CT molecular complexity index is 594. The second kappa shape index (κ2) is 6.79. The van der Waals surface area contributed by atoms with Crippen molar-refractivity contribution in [1.29, 1.82) is 0 Å². The molecule has 1 atom stereocenters. The summed E-state index contributed by atoms with van der Waals surface area (Å²) < 4.78 is 6.74. The van der Waals surface area contributed by atoms with Crippen LogP contribution in [0.25, 0.3) is 0 Å². The van der Waals surface area contributed by atoms with E-state index in [9.17, 15) is 0 Å². The quantitative estimate of drug-likeness (QED) is 0.775. The molecule has 20 heavy (non-hydrogen) atoms. The molecule has 0 saturated carbocycles. The summed E-state index contributed by atoms with van der Waals surface area (Å²) in [4.78, 5) is 0. The first-order chi connectivity index (χ1) is 9.52. The third-order valence-electron chi connectivity index (χ3n) is 3.34. The van der Waals surface area contributed by atoms with E-state index < -0.39 is 0 Å². The Hall–Kier alpha value is -0.770. The molecule has 1 unspecified atom stereocenters. The molecule has 108 valence electrons. The lowest BCUT2D eigenvalue weighted by Gasteiger charge is -2.20. The van der Waals surface area contributed by atoms with E-state index >= 15 is 0 Å². The highest BCUT2D eigenvalue weighted by atomic mass is 79.9. The number of hydrogen-bond donors (Lipinski definition) is 1. The molecule has 0 fully saturated rings. The molecule has 1 heterocycles. The third kappa shape index (κ3) is 3.46. The molecule has 0 aliphatic rings. The number of rotatable bonds is 5. The maximum atomic E-state index is 5.92. The second-order valence-electron chi connectivity index (χ2n) is 4.99. The van der Waals surface area contributed by atoms with Gasteiger partial charge < -0.3 is 9.73 Å². The van der Waals surface area contributed by atoms with E-state index in [1.807, 2.05) is 6.07 Å². The van der Waals surface area contributed by atoms with Gasteiger partial charge in [-0.2, -0.15) is 0 Å². The van der Waals surface area contributed by atoms with Crippen LogP contribution in [0.15, 0.2) is 33.2 Å². The Morgan fingerprint density at radius 1 is 1.25 bits per heavy atom. The van der Waals surface area contributed by atoms with Gasteiger partial charge >= 0.3 is 0 Å². The molecular weight excluding hydrogens is 338 g/mol. The van der Waals surface area contributed by atoms with Crippen LogP contribution in [0.5, 0.6) is 0 Å². The van der Waals surface area contributed by atoms with E-state index in [0.717, 1.165) is 23.2 Å². The van der Waals surface area contributed by atoms with Crippen LogP contribution >= 0.6 is 27.5 Å². The first kappa shape index (κ1) is 15.6. The van der Waals surface area contributed by atoms with Crippen LogP contribution in [0.3, 0.4) is 0 Å². The van der Waals surface area contributed by atoms with E-state index in [4.69, 9.17) is 16.0 Å². The fourth-order valence-electron chi connectivity index (χ4n) is 2.25. The van der Waals surface area contributed by atoms with Crippen molar-refractivity contribution in [2.45, 2.75) is 33.2 Å². The standard InChI is InChI=1S/C16H19BrClNO/c1-4-7-19-16(14-5-6-15(18)20-14)12-8-11(3)13(17)9-10(12)2/h5-6,8-9,16,19H,4,7H2,1-3H3. The lowest BCUT2D eigenvalue weighted by atomic mass is 9.97. The van der Waals surface area contributed by atoms with Gasteiger partial charge in [0, 0.05) is 4.47 Å². The van der Waals surface area contributed by atoms with Crippen molar-refractivity contribution in [3.63, 3.8) is 0 Å². The van der Waals surface area contributed by atoms with E-state index in [2.05, 4.69) is 54.2 Å². The highest BCUT2D eigenvalue weighted by molar-refractivity contribution is 9.10. The maximum Gasteiger partial charge on any atom is 0.193 e. The first-order valence-electron chi connectivity index (χ1n) is 6.78. The van der Waals surface area contributed by atoms with Crippen molar-refractivity contribution < 1.29 is 4.42 Å². The zero-order chi connectivity index (χ0) is 14.7. The SMILES string of the molecule is CCCNC(c1ccc(Cl)o1)c1cc(C)c(Br)cc1C. The predicted octanol–water partition coefficient (Wildman–Crippen LogP) is 5.40. The topological polar surface area (TPSA) is 25.2 Å². The largest absolute Gasteiger partial charge is 0.448 e. The van der Waals surface area contributed by atoms with Crippen LogP contribution in [0.2, 0.25) is 5.22 Å². The fraction of sp³-hybridized carbons (Fsp3) is 0.375. The molecule has 2 rings (SSSR count).